The van der Waals surface area contributed by atoms with Crippen LogP contribution in [0.2, 0.25) is 0 Å². The molecule has 2 aromatic rings. The second kappa shape index (κ2) is 7.21. The van der Waals surface area contributed by atoms with Crippen molar-refractivity contribution in [2.24, 2.45) is 0 Å². The van der Waals surface area contributed by atoms with E-state index in [9.17, 15) is 14.0 Å². The highest BCUT2D eigenvalue weighted by molar-refractivity contribution is 5.97. The molecular weight excluding hydrogens is 327 g/mol. The molecule has 0 radical (unpaired) electrons. The van der Waals surface area contributed by atoms with E-state index in [2.05, 4.69) is 5.32 Å². The molecule has 1 unspecified atom stereocenters. The van der Waals surface area contributed by atoms with E-state index >= 15 is 0 Å². The monoisotopic (exact) mass is 344 g/mol. The molecule has 1 heterocycles. The van der Waals surface area contributed by atoms with Crippen LogP contribution in [0.4, 0.5) is 14.9 Å². The number of carbonyl (C=O) groups is 2. The number of cyclic esters (lactones) is 1. The van der Waals surface area contributed by atoms with Crippen LogP contribution in [0.1, 0.15) is 10.4 Å². The van der Waals surface area contributed by atoms with Gasteiger partial charge in [0.25, 0.3) is 5.91 Å². The number of nitrogens with zero attached hydrogens (tertiary/aromatic N) is 1. The van der Waals surface area contributed by atoms with Crippen LogP contribution in [0.5, 0.6) is 5.75 Å². The molecule has 1 N–H and O–H groups in total. The van der Waals surface area contributed by atoms with Gasteiger partial charge in [-0.15, -0.1) is 0 Å². The van der Waals surface area contributed by atoms with Crippen LogP contribution in [0, 0.1) is 5.82 Å². The lowest BCUT2D eigenvalue weighted by Gasteiger charge is -2.13. The zero-order valence-electron chi connectivity index (χ0n) is 13.6. The number of nitrogens with one attached hydrogen (secondary N) is 1. The SMILES string of the molecule is COc1ccccc1C(=O)NCC1CN(c2cccc(F)c2)C(=O)O1. The topological polar surface area (TPSA) is 67.9 Å². The predicted molar refractivity (Wildman–Crippen MR) is 89.3 cm³/mol. The number of amides is 2. The van der Waals surface area contributed by atoms with Crippen molar-refractivity contribution in [1.29, 1.82) is 0 Å². The highest BCUT2D eigenvalue weighted by Crippen LogP contribution is 2.22. The first-order valence-electron chi connectivity index (χ1n) is 7.73. The summed E-state index contributed by atoms with van der Waals surface area (Å²) in [4.78, 5) is 25.6. The third kappa shape index (κ3) is 3.71. The lowest BCUT2D eigenvalue weighted by molar-refractivity contribution is 0.0913. The number of methoxy groups -OCH3 is 1. The smallest absolute Gasteiger partial charge is 0.414 e. The molecule has 1 saturated heterocycles. The fourth-order valence-electron chi connectivity index (χ4n) is 2.62. The first kappa shape index (κ1) is 16.8. The molecule has 2 aromatic carbocycles. The normalized spacial score (nSPS) is 16.5. The van der Waals surface area contributed by atoms with Gasteiger partial charge in [0.1, 0.15) is 17.7 Å². The lowest BCUT2D eigenvalue weighted by atomic mass is 10.2. The van der Waals surface area contributed by atoms with Gasteiger partial charge in [0.05, 0.1) is 31.5 Å². The van der Waals surface area contributed by atoms with Gasteiger partial charge < -0.3 is 14.8 Å². The standard InChI is InChI=1S/C18H17FN2O4/c1-24-16-8-3-2-7-15(16)17(22)20-10-14-11-21(18(23)25-14)13-6-4-5-12(19)9-13/h2-9,14H,10-11H2,1H3,(H,20,22). The van der Waals surface area contributed by atoms with Crippen LogP contribution in [-0.2, 0) is 4.74 Å². The summed E-state index contributed by atoms with van der Waals surface area (Å²) in [6.45, 7) is 0.378. The van der Waals surface area contributed by atoms with Gasteiger partial charge in [-0.25, -0.2) is 9.18 Å². The van der Waals surface area contributed by atoms with Gasteiger partial charge in [0, 0.05) is 0 Å². The van der Waals surface area contributed by atoms with E-state index in [0.29, 0.717) is 17.0 Å². The van der Waals surface area contributed by atoms with Crippen molar-refractivity contribution < 1.29 is 23.5 Å². The van der Waals surface area contributed by atoms with Gasteiger partial charge in [0.2, 0.25) is 0 Å². The molecule has 1 aliphatic heterocycles. The summed E-state index contributed by atoms with van der Waals surface area (Å²) in [7, 11) is 1.49. The number of para-hydroxylation sites is 1. The fraction of sp³-hybridized carbons (Fsp3) is 0.222. The molecule has 0 spiro atoms. The zero-order chi connectivity index (χ0) is 17.8. The fourth-order valence-corrected chi connectivity index (χ4v) is 2.62. The number of halogens is 1. The largest absolute Gasteiger partial charge is 0.496 e. The number of ether oxygens (including phenoxy) is 2. The van der Waals surface area contributed by atoms with Gasteiger partial charge in [-0.3, -0.25) is 9.69 Å². The maximum Gasteiger partial charge on any atom is 0.414 e. The molecule has 2 amide bonds. The average Bonchev–Trinajstić information content (AvgIpc) is 3.00. The van der Waals surface area contributed by atoms with E-state index in [4.69, 9.17) is 9.47 Å². The first-order chi connectivity index (χ1) is 12.1. The van der Waals surface area contributed by atoms with E-state index in [0.717, 1.165) is 0 Å². The van der Waals surface area contributed by atoms with E-state index < -0.39 is 18.0 Å². The Kier molecular flexibility index (Phi) is 4.83. The van der Waals surface area contributed by atoms with Crippen molar-refractivity contribution in [3.8, 4) is 5.75 Å². The summed E-state index contributed by atoms with van der Waals surface area (Å²) >= 11 is 0. The van der Waals surface area contributed by atoms with Crippen LogP contribution < -0.4 is 15.0 Å². The molecule has 0 aliphatic carbocycles. The van der Waals surface area contributed by atoms with Crippen LogP contribution in [0.3, 0.4) is 0 Å². The molecule has 0 saturated carbocycles. The molecule has 130 valence electrons. The van der Waals surface area contributed by atoms with Gasteiger partial charge in [0.15, 0.2) is 0 Å². The Bertz CT molecular complexity index is 796. The van der Waals surface area contributed by atoms with E-state index in [-0.39, 0.29) is 19.0 Å². The van der Waals surface area contributed by atoms with Crippen LogP contribution in [0.25, 0.3) is 0 Å². The molecule has 7 heteroatoms. The van der Waals surface area contributed by atoms with Gasteiger partial charge in [-0.1, -0.05) is 18.2 Å². The molecule has 6 nitrogen and oxygen atoms in total. The molecule has 3 rings (SSSR count). The number of benzene rings is 2. The third-order valence-electron chi connectivity index (χ3n) is 3.84. The van der Waals surface area contributed by atoms with Crippen molar-refractivity contribution >= 4 is 17.7 Å². The van der Waals surface area contributed by atoms with Crippen LogP contribution in [-0.4, -0.2) is 38.3 Å². The highest BCUT2D eigenvalue weighted by Gasteiger charge is 2.32. The summed E-state index contributed by atoms with van der Waals surface area (Å²) in [5.41, 5.74) is 0.819. The number of hydrogen-bond donors (Lipinski definition) is 1. The van der Waals surface area contributed by atoms with E-state index in [1.807, 2.05) is 0 Å². The third-order valence-corrected chi connectivity index (χ3v) is 3.84. The Morgan fingerprint density at radius 2 is 2.12 bits per heavy atom. The first-order valence-corrected chi connectivity index (χ1v) is 7.73. The van der Waals surface area contributed by atoms with Crippen LogP contribution in [0.15, 0.2) is 48.5 Å². The van der Waals surface area contributed by atoms with Crippen LogP contribution >= 0.6 is 0 Å². The Labute approximate surface area is 144 Å². The lowest BCUT2D eigenvalue weighted by Crippen LogP contribution is -2.34. The Morgan fingerprint density at radius 3 is 2.88 bits per heavy atom. The molecule has 0 bridgehead atoms. The predicted octanol–water partition coefficient (Wildman–Crippen LogP) is 2.59. The molecule has 25 heavy (non-hydrogen) atoms. The Morgan fingerprint density at radius 1 is 1.32 bits per heavy atom. The van der Waals surface area contributed by atoms with Crippen molar-refractivity contribution in [3.63, 3.8) is 0 Å². The molecule has 1 aliphatic rings. The minimum atomic E-state index is -0.567. The summed E-state index contributed by atoms with van der Waals surface area (Å²) in [5, 5.41) is 2.72. The van der Waals surface area contributed by atoms with Crippen molar-refractivity contribution in [2.45, 2.75) is 6.10 Å². The quantitative estimate of drug-likeness (QED) is 0.905. The van der Waals surface area contributed by atoms with Gasteiger partial charge in [-0.05, 0) is 30.3 Å². The second-order valence-corrected chi connectivity index (χ2v) is 5.51. The minimum absolute atomic E-state index is 0.147. The maximum atomic E-state index is 13.3. The number of rotatable bonds is 5. The maximum absolute atomic E-state index is 13.3. The van der Waals surface area contributed by atoms with E-state index in [1.165, 1.54) is 30.2 Å². The molecular formula is C18H17FN2O4. The Balaban J connectivity index is 1.61. The number of hydrogen-bond acceptors (Lipinski definition) is 4. The van der Waals surface area contributed by atoms with Crippen molar-refractivity contribution in [1.82, 2.24) is 5.32 Å². The highest BCUT2D eigenvalue weighted by atomic mass is 19.1. The summed E-state index contributed by atoms with van der Waals surface area (Å²) in [5.74, 6) is -0.291. The number of carbonyl (C=O) groups excluding carboxylic acids is 2. The molecule has 1 fully saturated rings. The Hall–Kier alpha value is -3.09. The second-order valence-electron chi connectivity index (χ2n) is 5.51. The van der Waals surface area contributed by atoms with E-state index in [1.54, 1.807) is 30.3 Å². The molecule has 0 aromatic heterocycles. The van der Waals surface area contributed by atoms with Crippen molar-refractivity contribution in [3.05, 3.63) is 59.9 Å². The zero-order valence-corrected chi connectivity index (χ0v) is 13.6. The van der Waals surface area contributed by atoms with Gasteiger partial charge >= 0.3 is 6.09 Å². The van der Waals surface area contributed by atoms with Gasteiger partial charge in [-0.2, -0.15) is 0 Å². The summed E-state index contributed by atoms with van der Waals surface area (Å²) < 4.78 is 23.7. The number of anilines is 1. The van der Waals surface area contributed by atoms with Crippen molar-refractivity contribution in [2.75, 3.05) is 25.1 Å². The average molecular weight is 344 g/mol. The molecule has 1 atom stereocenters. The summed E-state index contributed by atoms with van der Waals surface area (Å²) in [6.07, 6.45) is -1.09. The summed E-state index contributed by atoms with van der Waals surface area (Å²) in [6, 6.07) is 12.6. The minimum Gasteiger partial charge on any atom is -0.496 e.